The van der Waals surface area contributed by atoms with E-state index in [-0.39, 0.29) is 17.9 Å². The zero-order valence-electron chi connectivity index (χ0n) is 15.1. The zero-order chi connectivity index (χ0) is 19.1. The average molecular weight is 394 g/mol. The number of aromatic nitrogens is 4. The van der Waals surface area contributed by atoms with Crippen LogP contribution in [0.3, 0.4) is 0 Å². The van der Waals surface area contributed by atoms with Crippen LogP contribution in [0.4, 0.5) is 5.95 Å². The molecule has 0 aliphatic carbocycles. The molecule has 0 aromatic carbocycles. The molecule has 2 N–H and O–H groups in total. The summed E-state index contributed by atoms with van der Waals surface area (Å²) in [6.07, 6.45) is 2.82. The smallest absolute Gasteiger partial charge is 0.263 e. The number of anilines is 1. The van der Waals surface area contributed by atoms with E-state index >= 15 is 0 Å². The Labute approximate surface area is 155 Å². The number of carbonyl (C=O) groups excluding carboxylic acids is 1. The summed E-state index contributed by atoms with van der Waals surface area (Å²) in [7, 11) is -2.50. The number of ether oxygens (including phenoxy) is 1. The van der Waals surface area contributed by atoms with Gasteiger partial charge in [-0.25, -0.2) is 4.21 Å². The van der Waals surface area contributed by atoms with E-state index in [1.54, 1.807) is 6.92 Å². The molecule has 1 amide bonds. The van der Waals surface area contributed by atoms with Crippen LogP contribution < -0.4 is 10.5 Å². The van der Waals surface area contributed by atoms with E-state index in [0.29, 0.717) is 61.0 Å². The van der Waals surface area contributed by atoms with Crippen LogP contribution in [0.2, 0.25) is 0 Å². The van der Waals surface area contributed by atoms with Crippen molar-refractivity contribution >= 4 is 32.6 Å². The number of H-pyrrole nitrogens is 2. The molecule has 11 heteroatoms. The summed E-state index contributed by atoms with van der Waals surface area (Å²) in [5, 5.41) is 7.00. The summed E-state index contributed by atoms with van der Waals surface area (Å²) < 4.78 is 22.8. The Morgan fingerprint density at radius 1 is 1.44 bits per heavy atom. The summed E-state index contributed by atoms with van der Waals surface area (Å²) >= 11 is 0. The third-order valence-corrected chi connectivity index (χ3v) is 7.40. The number of nitrogens with one attached hydrogen (secondary N) is 2. The number of morpholine rings is 1. The Kier molecular flexibility index (Phi) is 4.50. The van der Waals surface area contributed by atoms with E-state index in [9.17, 15) is 13.8 Å². The number of rotatable bonds is 2. The molecule has 0 radical (unpaired) electrons. The van der Waals surface area contributed by atoms with Crippen LogP contribution in [0, 0.1) is 0 Å². The van der Waals surface area contributed by atoms with Crippen molar-refractivity contribution in [3.8, 4) is 0 Å². The SMILES string of the molecule is CCC(=O)N=S1(=O)CCC2(CC1)CN(c1nc3[nH]ncc3c(=O)[nH]1)CCO2. The van der Waals surface area contributed by atoms with Crippen molar-refractivity contribution in [2.75, 3.05) is 36.1 Å². The molecular weight excluding hydrogens is 372 g/mol. The summed E-state index contributed by atoms with van der Waals surface area (Å²) in [5.41, 5.74) is -0.267. The predicted molar refractivity (Wildman–Crippen MR) is 100 cm³/mol. The molecule has 2 aliphatic rings. The predicted octanol–water partition coefficient (Wildman–Crippen LogP) is 0.420. The highest BCUT2D eigenvalue weighted by atomic mass is 32.2. The lowest BCUT2D eigenvalue weighted by Crippen LogP contribution is -2.56. The maximum atomic E-state index is 12.8. The lowest BCUT2D eigenvalue weighted by Gasteiger charge is -2.45. The normalized spacial score (nSPS) is 28.6. The maximum absolute atomic E-state index is 12.8. The van der Waals surface area contributed by atoms with Gasteiger partial charge in [0.05, 0.1) is 28.1 Å². The maximum Gasteiger partial charge on any atom is 0.263 e. The van der Waals surface area contributed by atoms with Crippen molar-refractivity contribution in [2.45, 2.75) is 31.8 Å². The Morgan fingerprint density at radius 2 is 2.22 bits per heavy atom. The Morgan fingerprint density at radius 3 is 2.96 bits per heavy atom. The fourth-order valence-corrected chi connectivity index (χ4v) is 5.84. The molecule has 4 heterocycles. The average Bonchev–Trinajstić information content (AvgIpc) is 3.14. The molecule has 2 aromatic rings. The standard InChI is InChI=1S/C16H22N6O4S/c1-2-12(23)21-27(25)7-3-16(4-8-27)10-22(5-6-26-16)15-18-13-11(9-17-20-13)14(24)19-15/h9H,2-8,10H2,1H3,(H2,17,18,19,20,24). The van der Waals surface area contributed by atoms with Gasteiger partial charge in [0.25, 0.3) is 11.5 Å². The molecule has 0 atom stereocenters. The van der Waals surface area contributed by atoms with Gasteiger partial charge in [0.15, 0.2) is 5.65 Å². The highest BCUT2D eigenvalue weighted by molar-refractivity contribution is 7.93. The Balaban J connectivity index is 1.55. The number of nitrogens with zero attached hydrogens (tertiary/aromatic N) is 4. The summed E-state index contributed by atoms with van der Waals surface area (Å²) in [4.78, 5) is 33.0. The van der Waals surface area contributed by atoms with E-state index in [4.69, 9.17) is 4.74 Å². The van der Waals surface area contributed by atoms with E-state index < -0.39 is 15.3 Å². The minimum atomic E-state index is -2.50. The van der Waals surface area contributed by atoms with Gasteiger partial charge in [0.2, 0.25) is 5.95 Å². The highest BCUT2D eigenvalue weighted by Gasteiger charge is 2.42. The van der Waals surface area contributed by atoms with Gasteiger partial charge < -0.3 is 9.64 Å². The zero-order valence-corrected chi connectivity index (χ0v) is 15.9. The van der Waals surface area contributed by atoms with Gasteiger partial charge in [-0.2, -0.15) is 14.4 Å². The van der Waals surface area contributed by atoms with Gasteiger partial charge >= 0.3 is 0 Å². The molecule has 27 heavy (non-hydrogen) atoms. The molecule has 10 nitrogen and oxygen atoms in total. The number of hydrogen-bond donors (Lipinski definition) is 2. The molecule has 2 fully saturated rings. The summed E-state index contributed by atoms with van der Waals surface area (Å²) in [5.74, 6) is 0.847. The monoisotopic (exact) mass is 394 g/mol. The molecule has 0 saturated carbocycles. The molecule has 0 bridgehead atoms. The molecule has 0 unspecified atom stereocenters. The van der Waals surface area contributed by atoms with Crippen LogP contribution in [0.25, 0.3) is 11.0 Å². The van der Waals surface area contributed by atoms with Gasteiger partial charge in [-0.3, -0.25) is 19.7 Å². The third-order valence-electron chi connectivity index (χ3n) is 5.18. The molecule has 4 rings (SSSR count). The molecule has 2 aliphatic heterocycles. The Hall–Kier alpha value is -2.27. The first-order valence-electron chi connectivity index (χ1n) is 9.00. The lowest BCUT2D eigenvalue weighted by molar-refractivity contribution is -0.117. The minimum absolute atomic E-state index is 0.243. The molecule has 146 valence electrons. The second kappa shape index (κ2) is 6.71. The van der Waals surface area contributed by atoms with Crippen LogP contribution in [0.5, 0.6) is 0 Å². The number of carbonyl (C=O) groups is 1. The number of aromatic amines is 2. The first-order chi connectivity index (χ1) is 12.9. The number of hydrogen-bond acceptors (Lipinski definition) is 7. The topological polar surface area (TPSA) is 133 Å². The molecule has 2 aromatic heterocycles. The lowest BCUT2D eigenvalue weighted by atomic mass is 9.94. The first-order valence-corrected chi connectivity index (χ1v) is 10.8. The minimum Gasteiger partial charge on any atom is -0.371 e. The molecular formula is C16H22N6O4S. The highest BCUT2D eigenvalue weighted by Crippen LogP contribution is 2.33. The van der Waals surface area contributed by atoms with Crippen molar-refractivity contribution in [2.24, 2.45) is 4.36 Å². The van der Waals surface area contributed by atoms with Crippen LogP contribution in [-0.4, -0.2) is 67.1 Å². The van der Waals surface area contributed by atoms with E-state index in [2.05, 4.69) is 24.5 Å². The Bertz CT molecular complexity index is 1040. The van der Waals surface area contributed by atoms with Gasteiger partial charge in [-0.05, 0) is 12.8 Å². The van der Waals surface area contributed by atoms with Crippen LogP contribution in [-0.2, 0) is 19.3 Å². The largest absolute Gasteiger partial charge is 0.371 e. The van der Waals surface area contributed by atoms with E-state index in [0.717, 1.165) is 0 Å². The van der Waals surface area contributed by atoms with Gasteiger partial charge in [0, 0.05) is 31.0 Å². The number of amides is 1. The number of fused-ring (bicyclic) bond motifs is 1. The fourth-order valence-electron chi connectivity index (χ4n) is 3.57. The van der Waals surface area contributed by atoms with Gasteiger partial charge in [-0.1, -0.05) is 6.92 Å². The summed E-state index contributed by atoms with van der Waals surface area (Å²) in [6.45, 7) is 3.33. The van der Waals surface area contributed by atoms with E-state index in [1.807, 2.05) is 4.90 Å². The van der Waals surface area contributed by atoms with Crippen LogP contribution in [0.1, 0.15) is 26.2 Å². The second-order valence-electron chi connectivity index (χ2n) is 6.99. The summed E-state index contributed by atoms with van der Waals surface area (Å²) in [6, 6.07) is 0. The third kappa shape index (κ3) is 3.48. The van der Waals surface area contributed by atoms with Crippen molar-refractivity contribution in [1.29, 1.82) is 0 Å². The van der Waals surface area contributed by atoms with Crippen molar-refractivity contribution < 1.29 is 13.7 Å². The van der Waals surface area contributed by atoms with Crippen molar-refractivity contribution in [3.63, 3.8) is 0 Å². The quantitative estimate of drug-likeness (QED) is 0.754. The second-order valence-corrected chi connectivity index (χ2v) is 9.54. The fraction of sp³-hybridized carbons (Fsp3) is 0.625. The van der Waals surface area contributed by atoms with E-state index in [1.165, 1.54) is 6.20 Å². The van der Waals surface area contributed by atoms with Gasteiger partial charge in [-0.15, -0.1) is 0 Å². The first kappa shape index (κ1) is 18.1. The van der Waals surface area contributed by atoms with Crippen molar-refractivity contribution in [3.05, 3.63) is 16.6 Å². The van der Waals surface area contributed by atoms with Crippen LogP contribution in [0.15, 0.2) is 15.4 Å². The van der Waals surface area contributed by atoms with Crippen molar-refractivity contribution in [1.82, 2.24) is 20.2 Å². The van der Waals surface area contributed by atoms with Gasteiger partial charge in [0.1, 0.15) is 5.39 Å². The molecule has 1 spiro atoms. The molecule has 2 saturated heterocycles. The van der Waals surface area contributed by atoms with Crippen LogP contribution >= 0.6 is 0 Å².